The Morgan fingerprint density at radius 1 is 1.07 bits per heavy atom. The molecule has 2 aromatic carbocycles. The van der Waals surface area contributed by atoms with Crippen LogP contribution in [0.15, 0.2) is 54.6 Å². The highest BCUT2D eigenvalue weighted by molar-refractivity contribution is 7.92. The molecule has 0 aliphatic carbocycles. The number of hydrogen-bond acceptors (Lipinski definition) is 4. The molecular formula is C21H28N2O4S. The van der Waals surface area contributed by atoms with Gasteiger partial charge in [0.2, 0.25) is 15.9 Å². The number of benzene rings is 2. The van der Waals surface area contributed by atoms with Gasteiger partial charge in [-0.2, -0.15) is 0 Å². The number of hydrogen-bond donors (Lipinski definition) is 1. The van der Waals surface area contributed by atoms with Gasteiger partial charge in [-0.15, -0.1) is 0 Å². The Bertz CT molecular complexity index is 865. The van der Waals surface area contributed by atoms with Crippen molar-refractivity contribution in [3.8, 4) is 5.75 Å². The van der Waals surface area contributed by atoms with Crippen molar-refractivity contribution in [2.75, 3.05) is 24.2 Å². The van der Waals surface area contributed by atoms with Gasteiger partial charge < -0.3 is 10.1 Å². The molecule has 0 unspecified atom stereocenters. The Labute approximate surface area is 167 Å². The number of amides is 1. The van der Waals surface area contributed by atoms with Crippen LogP contribution in [-0.4, -0.2) is 34.2 Å². The first-order chi connectivity index (χ1) is 13.2. The van der Waals surface area contributed by atoms with Crippen LogP contribution in [0.25, 0.3) is 0 Å². The van der Waals surface area contributed by atoms with Crippen molar-refractivity contribution >= 4 is 21.6 Å². The average Bonchev–Trinajstić information content (AvgIpc) is 2.65. The van der Waals surface area contributed by atoms with Gasteiger partial charge in [0.25, 0.3) is 0 Å². The van der Waals surface area contributed by atoms with E-state index in [2.05, 4.69) is 19.2 Å². The number of nitrogens with one attached hydrogen (secondary N) is 1. The molecule has 0 saturated carbocycles. The summed E-state index contributed by atoms with van der Waals surface area (Å²) >= 11 is 0. The van der Waals surface area contributed by atoms with Crippen LogP contribution in [0.5, 0.6) is 5.75 Å². The first-order valence-corrected chi connectivity index (χ1v) is 11.0. The van der Waals surface area contributed by atoms with E-state index < -0.39 is 10.0 Å². The molecule has 0 heterocycles. The zero-order valence-electron chi connectivity index (χ0n) is 16.8. The smallest absolute Gasteiger partial charge is 0.241 e. The lowest BCUT2D eigenvalue weighted by Gasteiger charge is -2.25. The normalized spacial score (nSPS) is 12.5. The Kier molecular flexibility index (Phi) is 7.45. The first kappa shape index (κ1) is 21.8. The standard InChI is InChI=1S/C21H28N2O4S/c1-16(2)14-20(17-10-12-19(27-3)13-11-17)22-21(24)15-23(28(4,25)26)18-8-6-5-7-9-18/h5-13,16,20H,14-15H2,1-4H3,(H,22,24)/t20-/m1/s1. The number of rotatable bonds is 9. The average molecular weight is 405 g/mol. The first-order valence-electron chi connectivity index (χ1n) is 9.16. The summed E-state index contributed by atoms with van der Waals surface area (Å²) in [6.45, 7) is 3.89. The molecule has 0 bridgehead atoms. The molecule has 0 radical (unpaired) electrons. The maximum Gasteiger partial charge on any atom is 0.241 e. The van der Waals surface area contributed by atoms with Gasteiger partial charge in [0.15, 0.2) is 0 Å². The van der Waals surface area contributed by atoms with E-state index in [-0.39, 0.29) is 18.5 Å². The third-order valence-electron chi connectivity index (χ3n) is 4.29. The minimum Gasteiger partial charge on any atom is -0.497 e. The molecule has 2 aromatic rings. The summed E-state index contributed by atoms with van der Waals surface area (Å²) in [6.07, 6.45) is 1.84. The number of carbonyl (C=O) groups is 1. The third-order valence-corrected chi connectivity index (χ3v) is 5.43. The van der Waals surface area contributed by atoms with Crippen molar-refractivity contribution in [2.24, 2.45) is 5.92 Å². The molecule has 0 aliphatic rings. The molecule has 152 valence electrons. The number of methoxy groups -OCH3 is 1. The summed E-state index contributed by atoms with van der Waals surface area (Å²) < 4.78 is 30.7. The molecule has 0 spiro atoms. The second kappa shape index (κ2) is 9.59. The van der Waals surface area contributed by atoms with Crippen molar-refractivity contribution in [1.29, 1.82) is 0 Å². The molecular weight excluding hydrogens is 376 g/mol. The quantitative estimate of drug-likeness (QED) is 0.695. The van der Waals surface area contributed by atoms with Crippen LogP contribution in [-0.2, 0) is 14.8 Å². The van der Waals surface area contributed by atoms with E-state index in [9.17, 15) is 13.2 Å². The van der Waals surface area contributed by atoms with Gasteiger partial charge in [0, 0.05) is 0 Å². The van der Waals surface area contributed by atoms with Crippen LogP contribution < -0.4 is 14.4 Å². The topological polar surface area (TPSA) is 75.7 Å². The van der Waals surface area contributed by atoms with E-state index in [0.717, 1.165) is 28.3 Å². The highest BCUT2D eigenvalue weighted by Gasteiger charge is 2.23. The fraction of sp³-hybridized carbons (Fsp3) is 0.381. The summed E-state index contributed by atoms with van der Waals surface area (Å²) in [7, 11) is -1.99. The predicted octanol–water partition coefficient (Wildman–Crippen LogP) is 3.36. The van der Waals surface area contributed by atoms with E-state index in [0.29, 0.717) is 11.6 Å². The van der Waals surface area contributed by atoms with Gasteiger partial charge >= 0.3 is 0 Å². The van der Waals surface area contributed by atoms with Crippen molar-refractivity contribution in [3.05, 3.63) is 60.2 Å². The van der Waals surface area contributed by atoms with Crippen molar-refractivity contribution in [2.45, 2.75) is 26.3 Å². The van der Waals surface area contributed by atoms with Crippen LogP contribution in [0.3, 0.4) is 0 Å². The SMILES string of the molecule is COc1ccc([C@@H](CC(C)C)NC(=O)CN(c2ccccc2)S(C)(=O)=O)cc1. The van der Waals surface area contributed by atoms with Crippen LogP contribution in [0.1, 0.15) is 31.9 Å². The second-order valence-corrected chi connectivity index (χ2v) is 9.03. The zero-order valence-corrected chi connectivity index (χ0v) is 17.6. The lowest BCUT2D eigenvalue weighted by atomic mass is 9.97. The Morgan fingerprint density at radius 3 is 2.18 bits per heavy atom. The highest BCUT2D eigenvalue weighted by Crippen LogP contribution is 2.24. The fourth-order valence-electron chi connectivity index (χ4n) is 2.95. The summed E-state index contributed by atoms with van der Waals surface area (Å²) in [5.41, 5.74) is 1.42. The van der Waals surface area contributed by atoms with E-state index in [1.165, 1.54) is 0 Å². The number of carbonyl (C=O) groups excluding carboxylic acids is 1. The highest BCUT2D eigenvalue weighted by atomic mass is 32.2. The summed E-state index contributed by atoms with van der Waals surface area (Å²) in [5.74, 6) is 0.744. The maximum atomic E-state index is 12.7. The number of nitrogens with zero attached hydrogens (tertiary/aromatic N) is 1. The molecule has 6 nitrogen and oxygen atoms in total. The van der Waals surface area contributed by atoms with Crippen LogP contribution in [0.4, 0.5) is 5.69 Å². The Hall–Kier alpha value is -2.54. The largest absolute Gasteiger partial charge is 0.497 e. The molecule has 2 rings (SSSR count). The van der Waals surface area contributed by atoms with Gasteiger partial charge in [-0.3, -0.25) is 9.10 Å². The van der Waals surface area contributed by atoms with Crippen LogP contribution in [0.2, 0.25) is 0 Å². The molecule has 1 amide bonds. The maximum absolute atomic E-state index is 12.7. The summed E-state index contributed by atoms with van der Waals surface area (Å²) in [6, 6.07) is 15.9. The molecule has 0 aromatic heterocycles. The number of para-hydroxylation sites is 1. The van der Waals surface area contributed by atoms with Crippen molar-refractivity contribution in [1.82, 2.24) is 5.32 Å². The van der Waals surface area contributed by atoms with E-state index in [1.54, 1.807) is 37.4 Å². The van der Waals surface area contributed by atoms with Gasteiger partial charge in [-0.25, -0.2) is 8.42 Å². The molecule has 28 heavy (non-hydrogen) atoms. The second-order valence-electron chi connectivity index (χ2n) is 7.13. The molecule has 0 saturated heterocycles. The molecule has 7 heteroatoms. The minimum atomic E-state index is -3.59. The van der Waals surface area contributed by atoms with Crippen molar-refractivity contribution in [3.63, 3.8) is 0 Å². The Morgan fingerprint density at radius 2 is 1.68 bits per heavy atom. The Balaban J connectivity index is 2.19. The predicted molar refractivity (Wildman–Crippen MR) is 112 cm³/mol. The van der Waals surface area contributed by atoms with Crippen LogP contribution >= 0.6 is 0 Å². The molecule has 0 fully saturated rings. The van der Waals surface area contributed by atoms with E-state index in [4.69, 9.17) is 4.74 Å². The van der Waals surface area contributed by atoms with Gasteiger partial charge in [0.1, 0.15) is 12.3 Å². The van der Waals surface area contributed by atoms with Crippen molar-refractivity contribution < 1.29 is 17.9 Å². The monoisotopic (exact) mass is 404 g/mol. The van der Waals surface area contributed by atoms with E-state index >= 15 is 0 Å². The van der Waals surface area contributed by atoms with E-state index in [1.807, 2.05) is 24.3 Å². The van der Waals surface area contributed by atoms with Crippen LogP contribution in [0, 0.1) is 5.92 Å². The molecule has 0 aliphatic heterocycles. The molecule has 1 N–H and O–H groups in total. The summed E-state index contributed by atoms with van der Waals surface area (Å²) in [4.78, 5) is 12.7. The fourth-order valence-corrected chi connectivity index (χ4v) is 3.81. The molecule has 1 atom stereocenters. The summed E-state index contributed by atoms with van der Waals surface area (Å²) in [5, 5.41) is 2.99. The zero-order chi connectivity index (χ0) is 20.7. The van der Waals surface area contributed by atoms with Gasteiger partial charge in [0.05, 0.1) is 25.1 Å². The van der Waals surface area contributed by atoms with Gasteiger partial charge in [-0.05, 0) is 42.2 Å². The number of anilines is 1. The lowest BCUT2D eigenvalue weighted by molar-refractivity contribution is -0.120. The number of sulfonamides is 1. The van der Waals surface area contributed by atoms with Gasteiger partial charge in [-0.1, -0.05) is 44.2 Å². The minimum absolute atomic E-state index is 0.212. The lowest BCUT2D eigenvalue weighted by Crippen LogP contribution is -2.41. The number of ether oxygens (including phenoxy) is 1. The third kappa shape index (κ3) is 6.27.